The van der Waals surface area contributed by atoms with Crippen LogP contribution in [0, 0.1) is 29.1 Å². The Bertz CT molecular complexity index is 2080. The standard InChI is InChI=1S/C52H62O8/c1-34(2)31-52(32-40-30-43(53)46(33-57-40)58-47(54)37-18-12-9-13-19-37,48(55)59-44-28-35(3)24-26-41(44)50(5,6)38-20-14-10-15-21-38)49(56)60-45-29-36(4)25-27-42(45)51(7,8)39-22-16-11-17-23-39/h9-23,30,33,35-36,41-42,44-45H,1,24-29,31-32H2,2-8H3/t35-,36-,41-,42-,44-,45-/m1/s1. The summed E-state index contributed by atoms with van der Waals surface area (Å²) < 4.78 is 24.8. The lowest BCUT2D eigenvalue weighted by molar-refractivity contribution is -0.187. The van der Waals surface area contributed by atoms with Crippen LogP contribution >= 0.6 is 0 Å². The van der Waals surface area contributed by atoms with Crippen LogP contribution in [-0.4, -0.2) is 30.1 Å². The number of esters is 3. The first-order valence-electron chi connectivity index (χ1n) is 21.6. The molecule has 8 heteroatoms. The molecule has 2 fully saturated rings. The monoisotopic (exact) mass is 814 g/mol. The molecule has 6 rings (SSSR count). The van der Waals surface area contributed by atoms with Crippen LogP contribution in [0.25, 0.3) is 0 Å². The van der Waals surface area contributed by atoms with Gasteiger partial charge in [0.15, 0.2) is 5.41 Å². The SMILES string of the molecule is C=C(C)CC(Cc1cc(=O)c(OC(=O)c2ccccc2)co1)(C(=O)O[C@@H]1C[C@H](C)CC[C@H]1C(C)(C)c1ccccc1)C(=O)O[C@@H]1C[C@H](C)CC[C@H]1C(C)(C)c1ccccc1. The van der Waals surface area contributed by atoms with Crippen LogP contribution in [0.4, 0.5) is 0 Å². The molecule has 0 unspecified atom stereocenters. The van der Waals surface area contributed by atoms with E-state index in [2.05, 4.69) is 72.4 Å². The first kappa shape index (κ1) is 44.3. The Morgan fingerprint density at radius 2 is 1.15 bits per heavy atom. The smallest absolute Gasteiger partial charge is 0.343 e. The first-order valence-corrected chi connectivity index (χ1v) is 21.6. The van der Waals surface area contributed by atoms with E-state index in [-0.39, 0.29) is 52.6 Å². The van der Waals surface area contributed by atoms with Crippen molar-refractivity contribution in [2.24, 2.45) is 29.1 Å². The number of rotatable bonds is 14. The van der Waals surface area contributed by atoms with Gasteiger partial charge < -0.3 is 18.6 Å². The number of hydrogen-bond donors (Lipinski definition) is 0. The van der Waals surface area contributed by atoms with Crippen LogP contribution in [0.5, 0.6) is 5.75 Å². The Labute approximate surface area is 355 Å². The molecule has 60 heavy (non-hydrogen) atoms. The highest BCUT2D eigenvalue weighted by atomic mass is 16.6. The van der Waals surface area contributed by atoms with E-state index < -0.39 is 41.0 Å². The molecule has 2 aliphatic rings. The zero-order chi connectivity index (χ0) is 43.2. The molecule has 318 valence electrons. The Morgan fingerprint density at radius 1 is 0.700 bits per heavy atom. The van der Waals surface area contributed by atoms with Gasteiger partial charge in [-0.05, 0) is 85.0 Å². The lowest BCUT2D eigenvalue weighted by atomic mass is 9.64. The topological polar surface area (TPSA) is 109 Å². The van der Waals surface area contributed by atoms with E-state index >= 15 is 9.59 Å². The maximum absolute atomic E-state index is 15.3. The van der Waals surface area contributed by atoms with Gasteiger partial charge in [-0.25, -0.2) is 4.79 Å². The number of allylic oxidation sites excluding steroid dienone is 1. The number of benzene rings is 3. The summed E-state index contributed by atoms with van der Waals surface area (Å²) in [6.45, 7) is 19.1. The summed E-state index contributed by atoms with van der Waals surface area (Å²) in [5.41, 5.74) is -0.162. The summed E-state index contributed by atoms with van der Waals surface area (Å²) in [5.74, 6) is -1.93. The fraction of sp³-hybridized carbons (Fsp3) is 0.462. The van der Waals surface area contributed by atoms with Crippen molar-refractivity contribution in [2.75, 3.05) is 0 Å². The van der Waals surface area contributed by atoms with Gasteiger partial charge in [0.1, 0.15) is 24.2 Å². The zero-order valence-corrected chi connectivity index (χ0v) is 36.4. The molecule has 3 aromatic carbocycles. The van der Waals surface area contributed by atoms with Crippen LogP contribution in [0.3, 0.4) is 0 Å². The number of carbonyl (C=O) groups is 3. The van der Waals surface area contributed by atoms with Crippen LogP contribution < -0.4 is 10.2 Å². The van der Waals surface area contributed by atoms with Gasteiger partial charge in [-0.15, -0.1) is 6.58 Å². The Kier molecular flexibility index (Phi) is 13.7. The van der Waals surface area contributed by atoms with Crippen molar-refractivity contribution in [1.82, 2.24) is 0 Å². The van der Waals surface area contributed by atoms with Crippen molar-refractivity contribution in [1.29, 1.82) is 0 Å². The Balaban J connectivity index is 1.39. The molecule has 1 aromatic heterocycles. The Hall–Kier alpha value is -5.24. The minimum Gasteiger partial charge on any atom is -0.465 e. The first-order chi connectivity index (χ1) is 28.5. The number of ether oxygens (including phenoxy) is 3. The maximum atomic E-state index is 15.3. The lowest BCUT2D eigenvalue weighted by Crippen LogP contribution is -2.51. The van der Waals surface area contributed by atoms with Crippen molar-refractivity contribution in [2.45, 2.75) is 123 Å². The van der Waals surface area contributed by atoms with Gasteiger partial charge in [0.05, 0.1) is 5.56 Å². The molecular weight excluding hydrogens is 753 g/mol. The molecule has 0 spiro atoms. The summed E-state index contributed by atoms with van der Waals surface area (Å²) in [7, 11) is 0. The zero-order valence-electron chi connectivity index (χ0n) is 36.4. The van der Waals surface area contributed by atoms with Gasteiger partial charge in [-0.1, -0.05) is 139 Å². The van der Waals surface area contributed by atoms with Gasteiger partial charge in [0, 0.05) is 24.3 Å². The van der Waals surface area contributed by atoms with E-state index in [1.54, 1.807) is 37.3 Å². The van der Waals surface area contributed by atoms with E-state index in [9.17, 15) is 9.59 Å². The molecule has 4 aromatic rings. The van der Waals surface area contributed by atoms with E-state index in [0.717, 1.165) is 43.1 Å². The normalized spacial score (nSPS) is 22.3. The summed E-state index contributed by atoms with van der Waals surface area (Å²) in [5, 5.41) is 0. The van der Waals surface area contributed by atoms with E-state index in [0.29, 0.717) is 30.3 Å². The van der Waals surface area contributed by atoms with Crippen LogP contribution in [0.1, 0.15) is 121 Å². The summed E-state index contributed by atoms with van der Waals surface area (Å²) in [6, 6.07) is 30.0. The van der Waals surface area contributed by atoms with Crippen LogP contribution in [0.2, 0.25) is 0 Å². The van der Waals surface area contributed by atoms with Gasteiger partial charge in [0.25, 0.3) is 0 Å². The molecule has 8 nitrogen and oxygen atoms in total. The van der Waals surface area contributed by atoms with Crippen molar-refractivity contribution in [3.05, 3.63) is 148 Å². The van der Waals surface area contributed by atoms with Crippen molar-refractivity contribution in [3.8, 4) is 5.75 Å². The summed E-state index contributed by atoms with van der Waals surface area (Å²) in [6.07, 6.45) is 4.55. The van der Waals surface area contributed by atoms with Gasteiger partial charge in [-0.3, -0.25) is 14.4 Å². The average molecular weight is 815 g/mol. The van der Waals surface area contributed by atoms with Gasteiger partial charge in [0.2, 0.25) is 11.2 Å². The summed E-state index contributed by atoms with van der Waals surface area (Å²) >= 11 is 0. The largest absolute Gasteiger partial charge is 0.465 e. The van der Waals surface area contributed by atoms with E-state index in [1.165, 1.54) is 6.07 Å². The highest BCUT2D eigenvalue weighted by Crippen LogP contribution is 2.47. The van der Waals surface area contributed by atoms with E-state index in [4.69, 9.17) is 18.6 Å². The second kappa shape index (κ2) is 18.6. The molecule has 2 aliphatic carbocycles. The van der Waals surface area contributed by atoms with Gasteiger partial charge in [-0.2, -0.15) is 0 Å². The molecule has 6 atom stereocenters. The highest BCUT2D eigenvalue weighted by Gasteiger charge is 2.54. The highest BCUT2D eigenvalue weighted by molar-refractivity contribution is 6.01. The molecular formula is C52H62O8. The second-order valence-corrected chi connectivity index (χ2v) is 18.8. The third kappa shape index (κ3) is 9.86. The predicted molar refractivity (Wildman–Crippen MR) is 234 cm³/mol. The molecule has 0 N–H and O–H groups in total. The second-order valence-electron chi connectivity index (χ2n) is 18.8. The third-order valence-corrected chi connectivity index (χ3v) is 13.4. The molecule has 1 heterocycles. The average Bonchev–Trinajstić information content (AvgIpc) is 3.22. The molecule has 0 amide bonds. The summed E-state index contributed by atoms with van der Waals surface area (Å²) in [4.78, 5) is 57.1. The van der Waals surface area contributed by atoms with Crippen molar-refractivity contribution >= 4 is 17.9 Å². The predicted octanol–water partition coefficient (Wildman–Crippen LogP) is 11.0. The maximum Gasteiger partial charge on any atom is 0.343 e. The quantitative estimate of drug-likeness (QED) is 0.0703. The molecule has 0 saturated heterocycles. The molecule has 0 aliphatic heterocycles. The minimum atomic E-state index is -1.95. The molecule has 2 saturated carbocycles. The number of carbonyl (C=O) groups excluding carboxylic acids is 3. The van der Waals surface area contributed by atoms with Gasteiger partial charge >= 0.3 is 17.9 Å². The van der Waals surface area contributed by atoms with Crippen molar-refractivity contribution < 1.29 is 33.0 Å². The Morgan fingerprint density at radius 3 is 1.58 bits per heavy atom. The third-order valence-electron chi connectivity index (χ3n) is 13.4. The minimum absolute atomic E-state index is 0.0367. The van der Waals surface area contributed by atoms with Crippen LogP contribution in [-0.2, 0) is 36.3 Å². The van der Waals surface area contributed by atoms with E-state index in [1.807, 2.05) is 36.4 Å². The fourth-order valence-corrected chi connectivity index (χ4v) is 9.82. The van der Waals surface area contributed by atoms with Crippen LogP contribution in [0.15, 0.2) is 125 Å². The van der Waals surface area contributed by atoms with Crippen molar-refractivity contribution in [3.63, 3.8) is 0 Å². The fourth-order valence-electron chi connectivity index (χ4n) is 9.82. The molecule has 0 radical (unpaired) electrons. The lowest BCUT2D eigenvalue weighted by Gasteiger charge is -2.46. The molecule has 0 bridgehead atoms. The number of hydrogen-bond acceptors (Lipinski definition) is 8.